The molecule has 0 aliphatic rings. The Labute approximate surface area is 196 Å². The van der Waals surface area contributed by atoms with E-state index >= 15 is 0 Å². The molecule has 10 heteroatoms. The molecule has 3 aromatic carbocycles. The van der Waals surface area contributed by atoms with Crippen LogP contribution in [-0.4, -0.2) is 15.9 Å². The van der Waals surface area contributed by atoms with Gasteiger partial charge in [-0.2, -0.15) is 5.26 Å². The molecule has 0 saturated heterocycles. The molecule has 0 bridgehead atoms. The van der Waals surface area contributed by atoms with Gasteiger partial charge in [0, 0.05) is 10.0 Å². The highest BCUT2D eigenvalue weighted by molar-refractivity contribution is 6.33. The molecule has 0 radical (unpaired) electrons. The molecule has 4 rings (SSSR count). The number of nitriles is 1. The summed E-state index contributed by atoms with van der Waals surface area (Å²) in [5.41, 5.74) is 2.58. The van der Waals surface area contributed by atoms with Gasteiger partial charge in [0.25, 0.3) is 0 Å². The lowest BCUT2D eigenvalue weighted by molar-refractivity contribution is -0.274. The minimum atomic E-state index is -4.77. The molecular weight excluding hydrogens is 478 g/mol. The predicted molar refractivity (Wildman–Crippen MR) is 117 cm³/mol. The molecule has 0 amide bonds. The van der Waals surface area contributed by atoms with Crippen LogP contribution in [0.4, 0.5) is 13.2 Å². The van der Waals surface area contributed by atoms with E-state index in [9.17, 15) is 18.4 Å². The summed E-state index contributed by atoms with van der Waals surface area (Å²) in [7, 11) is 0. The normalized spacial score (nSPS) is 11.4. The van der Waals surface area contributed by atoms with Gasteiger partial charge in [-0.1, -0.05) is 23.2 Å². The highest BCUT2D eigenvalue weighted by atomic mass is 35.5. The van der Waals surface area contributed by atoms with Crippen molar-refractivity contribution in [1.29, 1.82) is 5.26 Å². The van der Waals surface area contributed by atoms with E-state index in [1.807, 2.05) is 4.57 Å². The lowest BCUT2D eigenvalue weighted by atomic mass is 10.2. The molecule has 4 aromatic rings. The van der Waals surface area contributed by atoms with Gasteiger partial charge in [-0.15, -0.1) is 13.2 Å². The Morgan fingerprint density at radius 1 is 0.970 bits per heavy atom. The first-order valence-corrected chi connectivity index (χ1v) is 10.3. The molecule has 0 atom stereocenters. The summed E-state index contributed by atoms with van der Waals surface area (Å²) in [4.78, 5) is 4.60. The fourth-order valence-electron chi connectivity index (χ4n) is 3.25. The smallest absolute Gasteiger partial charge is 0.486 e. The van der Waals surface area contributed by atoms with E-state index in [-0.39, 0.29) is 12.4 Å². The van der Waals surface area contributed by atoms with Crippen LogP contribution in [0.1, 0.15) is 17.0 Å². The quantitative estimate of drug-likeness (QED) is 0.299. The van der Waals surface area contributed by atoms with Gasteiger partial charge in [-0.3, -0.25) is 0 Å². The number of benzene rings is 3. The molecule has 5 nitrogen and oxygen atoms in total. The predicted octanol–water partition coefficient (Wildman–Crippen LogP) is 6.74. The highest BCUT2D eigenvalue weighted by Gasteiger charge is 2.31. The minimum Gasteiger partial charge on any atom is -0.486 e. The molecule has 0 aliphatic heterocycles. The molecule has 1 aromatic heterocycles. The third-order valence-electron chi connectivity index (χ3n) is 4.72. The standard InChI is InChI=1S/C23H14Cl2F3N3O2/c24-16-2-7-19(25)15(10-16)12-31-21-9-14(11-29)1-8-20(21)30-22(31)13-32-17-3-5-18(6-4-17)33-23(26,27)28/h1-10H,12-13H2. The number of ether oxygens (including phenoxy) is 2. The summed E-state index contributed by atoms with van der Waals surface area (Å²) in [5.74, 6) is 0.523. The van der Waals surface area contributed by atoms with Crippen LogP contribution in [0, 0.1) is 11.3 Å². The van der Waals surface area contributed by atoms with Crippen LogP contribution in [-0.2, 0) is 13.2 Å². The van der Waals surface area contributed by atoms with Crippen LogP contribution in [0.3, 0.4) is 0 Å². The SMILES string of the molecule is N#Cc1ccc2nc(COc3ccc(OC(F)(F)F)cc3)n(Cc3cc(Cl)ccc3Cl)c2c1. The molecule has 0 saturated carbocycles. The summed E-state index contributed by atoms with van der Waals surface area (Å²) >= 11 is 12.5. The maximum absolute atomic E-state index is 12.3. The fourth-order valence-corrected chi connectivity index (χ4v) is 3.62. The van der Waals surface area contributed by atoms with Crippen molar-refractivity contribution in [1.82, 2.24) is 9.55 Å². The van der Waals surface area contributed by atoms with Gasteiger partial charge in [0.2, 0.25) is 0 Å². The van der Waals surface area contributed by atoms with Crippen molar-refractivity contribution in [3.8, 4) is 17.6 Å². The van der Waals surface area contributed by atoms with Gasteiger partial charge in [-0.05, 0) is 66.2 Å². The Balaban J connectivity index is 1.63. The van der Waals surface area contributed by atoms with Gasteiger partial charge in [0.1, 0.15) is 23.9 Å². The zero-order chi connectivity index (χ0) is 23.6. The molecule has 0 spiro atoms. The Hall–Kier alpha value is -3.41. The Kier molecular flexibility index (Phi) is 6.36. The van der Waals surface area contributed by atoms with Gasteiger partial charge >= 0.3 is 6.36 Å². The number of fused-ring (bicyclic) bond motifs is 1. The first-order chi connectivity index (χ1) is 15.7. The maximum Gasteiger partial charge on any atom is 0.573 e. The van der Waals surface area contributed by atoms with Gasteiger partial charge < -0.3 is 14.0 Å². The lowest BCUT2D eigenvalue weighted by Crippen LogP contribution is -2.17. The van der Waals surface area contributed by atoms with Crippen LogP contribution in [0.5, 0.6) is 11.5 Å². The molecule has 0 unspecified atom stereocenters. The van der Waals surface area contributed by atoms with Crippen LogP contribution in [0.15, 0.2) is 60.7 Å². The second kappa shape index (κ2) is 9.22. The number of nitrogens with zero attached hydrogens (tertiary/aromatic N) is 3. The number of aromatic nitrogens is 2. The van der Waals surface area contributed by atoms with Crippen LogP contribution < -0.4 is 9.47 Å². The van der Waals surface area contributed by atoms with Crippen molar-refractivity contribution >= 4 is 34.2 Å². The van der Waals surface area contributed by atoms with E-state index in [0.29, 0.717) is 44.8 Å². The van der Waals surface area contributed by atoms with Gasteiger partial charge in [0.15, 0.2) is 0 Å². The monoisotopic (exact) mass is 491 g/mol. The molecule has 0 aliphatic carbocycles. The van der Waals surface area contributed by atoms with Crippen LogP contribution >= 0.6 is 23.2 Å². The number of halogens is 5. The van der Waals surface area contributed by atoms with Crippen molar-refractivity contribution in [2.45, 2.75) is 19.5 Å². The Morgan fingerprint density at radius 2 is 1.70 bits per heavy atom. The van der Waals surface area contributed by atoms with Crippen LogP contribution in [0.25, 0.3) is 11.0 Å². The minimum absolute atomic E-state index is 0.0220. The van der Waals surface area contributed by atoms with E-state index in [4.69, 9.17) is 27.9 Å². The molecular formula is C23H14Cl2F3N3O2. The average molecular weight is 492 g/mol. The van der Waals surface area contributed by atoms with Gasteiger partial charge in [0.05, 0.1) is 29.2 Å². The number of hydrogen-bond donors (Lipinski definition) is 0. The molecule has 1 heterocycles. The second-order valence-corrected chi connectivity index (χ2v) is 7.82. The summed E-state index contributed by atoms with van der Waals surface area (Å²) in [6, 6.07) is 17.4. The summed E-state index contributed by atoms with van der Waals surface area (Å²) in [6.07, 6.45) is -4.77. The molecule has 0 fully saturated rings. The van der Waals surface area contributed by atoms with E-state index in [1.165, 1.54) is 12.1 Å². The highest BCUT2D eigenvalue weighted by Crippen LogP contribution is 2.27. The third-order valence-corrected chi connectivity index (χ3v) is 5.32. The van der Waals surface area contributed by atoms with E-state index in [1.54, 1.807) is 36.4 Å². The van der Waals surface area contributed by atoms with Crippen molar-refractivity contribution < 1.29 is 22.6 Å². The third kappa shape index (κ3) is 5.51. The number of rotatable bonds is 6. The van der Waals surface area contributed by atoms with E-state index in [2.05, 4.69) is 15.8 Å². The van der Waals surface area contributed by atoms with Crippen molar-refractivity contribution in [3.05, 3.63) is 87.7 Å². The van der Waals surface area contributed by atoms with Crippen LogP contribution in [0.2, 0.25) is 10.0 Å². The summed E-state index contributed by atoms with van der Waals surface area (Å²) < 4.78 is 48.5. The number of hydrogen-bond acceptors (Lipinski definition) is 4. The molecule has 0 N–H and O–H groups in total. The summed E-state index contributed by atoms with van der Waals surface area (Å²) in [5, 5.41) is 10.3. The molecule has 168 valence electrons. The molecule has 33 heavy (non-hydrogen) atoms. The lowest BCUT2D eigenvalue weighted by Gasteiger charge is -2.13. The Morgan fingerprint density at radius 3 is 2.39 bits per heavy atom. The zero-order valence-corrected chi connectivity index (χ0v) is 18.2. The summed E-state index contributed by atoms with van der Waals surface area (Å²) in [6.45, 7) is 0.343. The number of alkyl halides is 3. The van der Waals surface area contributed by atoms with Crippen molar-refractivity contribution in [2.24, 2.45) is 0 Å². The number of imidazole rings is 1. The maximum atomic E-state index is 12.3. The first kappa shape index (κ1) is 22.8. The fraction of sp³-hybridized carbons (Fsp3) is 0.130. The average Bonchev–Trinajstić information content (AvgIpc) is 3.11. The first-order valence-electron chi connectivity index (χ1n) is 9.53. The van der Waals surface area contributed by atoms with E-state index in [0.717, 1.165) is 17.7 Å². The van der Waals surface area contributed by atoms with E-state index < -0.39 is 6.36 Å². The second-order valence-electron chi connectivity index (χ2n) is 6.97. The topological polar surface area (TPSA) is 60.1 Å². The Bertz CT molecular complexity index is 1350. The zero-order valence-electron chi connectivity index (χ0n) is 16.7. The van der Waals surface area contributed by atoms with Crippen molar-refractivity contribution in [3.63, 3.8) is 0 Å². The van der Waals surface area contributed by atoms with Gasteiger partial charge in [-0.25, -0.2) is 4.98 Å². The van der Waals surface area contributed by atoms with Crippen molar-refractivity contribution in [2.75, 3.05) is 0 Å². The largest absolute Gasteiger partial charge is 0.573 e.